The third-order valence-corrected chi connectivity index (χ3v) is 6.70. The maximum absolute atomic E-state index is 12.8. The first-order valence-electron chi connectivity index (χ1n) is 12.6. The molecular formula is C30H30N4O3. The highest BCUT2D eigenvalue weighted by Gasteiger charge is 2.34. The standard InChI is InChI=1S/C30H30N4O3/c1-3-24-27(29(35)37-4-2)28(32-30(36)31-24)22-15-17-23(18-16-22)34-26(21-13-9-6-10-14-21)19-25(33-34)20-11-7-5-8-12-20/h5-18,26,28H,3-4,19H2,1-2H3,(H2,31,32,36). The van der Waals surface area contributed by atoms with E-state index in [4.69, 9.17) is 9.84 Å². The molecule has 188 valence electrons. The number of benzene rings is 3. The fraction of sp³-hybridized carbons (Fsp3) is 0.233. The van der Waals surface area contributed by atoms with Gasteiger partial charge in [0.1, 0.15) is 0 Å². The van der Waals surface area contributed by atoms with Gasteiger partial charge in [-0.3, -0.25) is 5.01 Å². The average molecular weight is 495 g/mol. The molecule has 2 unspecified atom stereocenters. The van der Waals surface area contributed by atoms with Crippen LogP contribution < -0.4 is 15.6 Å². The topological polar surface area (TPSA) is 83.0 Å². The second-order valence-electron chi connectivity index (χ2n) is 8.98. The Hall–Kier alpha value is -4.39. The van der Waals surface area contributed by atoms with Crippen molar-refractivity contribution in [2.75, 3.05) is 11.6 Å². The molecule has 2 heterocycles. The quantitative estimate of drug-likeness (QED) is 0.418. The van der Waals surface area contributed by atoms with Crippen molar-refractivity contribution in [1.29, 1.82) is 0 Å². The van der Waals surface area contributed by atoms with Crippen LogP contribution in [0.5, 0.6) is 0 Å². The van der Waals surface area contributed by atoms with Gasteiger partial charge in [-0.25, -0.2) is 9.59 Å². The summed E-state index contributed by atoms with van der Waals surface area (Å²) in [5, 5.41) is 12.7. The lowest BCUT2D eigenvalue weighted by atomic mass is 9.94. The fourth-order valence-electron chi connectivity index (χ4n) is 4.90. The van der Waals surface area contributed by atoms with Crippen LogP contribution in [0, 0.1) is 0 Å². The second-order valence-corrected chi connectivity index (χ2v) is 8.98. The molecular weight excluding hydrogens is 464 g/mol. The van der Waals surface area contributed by atoms with Gasteiger partial charge in [-0.1, -0.05) is 79.7 Å². The third-order valence-electron chi connectivity index (χ3n) is 6.70. The van der Waals surface area contributed by atoms with E-state index in [-0.39, 0.29) is 18.7 Å². The summed E-state index contributed by atoms with van der Waals surface area (Å²) >= 11 is 0. The van der Waals surface area contributed by atoms with Gasteiger partial charge in [0.15, 0.2) is 0 Å². The molecule has 0 fully saturated rings. The molecule has 0 spiro atoms. The SMILES string of the molecule is CCOC(=O)C1=C(CC)NC(=O)NC1c1ccc(N2N=C(c3ccccc3)CC2c2ccccc2)cc1. The second kappa shape index (κ2) is 10.7. The number of carbonyl (C=O) groups is 2. The van der Waals surface area contributed by atoms with Crippen LogP contribution in [0.4, 0.5) is 10.5 Å². The lowest BCUT2D eigenvalue weighted by Crippen LogP contribution is -2.45. The summed E-state index contributed by atoms with van der Waals surface area (Å²) in [4.78, 5) is 25.2. The summed E-state index contributed by atoms with van der Waals surface area (Å²) in [5.41, 5.74) is 6.07. The molecule has 0 saturated carbocycles. The molecule has 5 rings (SSSR count). The average Bonchev–Trinajstić information content (AvgIpc) is 3.39. The van der Waals surface area contributed by atoms with Crippen LogP contribution in [0.2, 0.25) is 0 Å². The van der Waals surface area contributed by atoms with Gasteiger partial charge in [0.25, 0.3) is 0 Å². The van der Waals surface area contributed by atoms with E-state index in [0.717, 1.165) is 28.9 Å². The minimum Gasteiger partial charge on any atom is -0.463 e. The zero-order chi connectivity index (χ0) is 25.8. The van der Waals surface area contributed by atoms with E-state index in [1.165, 1.54) is 5.56 Å². The van der Waals surface area contributed by atoms with Gasteiger partial charge >= 0.3 is 12.0 Å². The predicted molar refractivity (Wildman–Crippen MR) is 144 cm³/mol. The molecule has 2 amide bonds. The van der Waals surface area contributed by atoms with Crippen LogP contribution in [0.15, 0.2) is 101 Å². The van der Waals surface area contributed by atoms with Gasteiger partial charge in [0.2, 0.25) is 0 Å². The van der Waals surface area contributed by atoms with Crippen molar-refractivity contribution in [2.24, 2.45) is 5.10 Å². The highest BCUT2D eigenvalue weighted by Crippen LogP contribution is 2.38. The zero-order valence-corrected chi connectivity index (χ0v) is 21.0. The van der Waals surface area contributed by atoms with Crippen LogP contribution in [0.25, 0.3) is 0 Å². The molecule has 2 aliphatic rings. The van der Waals surface area contributed by atoms with Gasteiger partial charge in [-0.2, -0.15) is 5.10 Å². The molecule has 2 aliphatic heterocycles. The molecule has 0 aromatic heterocycles. The monoisotopic (exact) mass is 494 g/mol. The van der Waals surface area contributed by atoms with E-state index in [2.05, 4.69) is 39.9 Å². The molecule has 0 aliphatic carbocycles. The van der Waals surface area contributed by atoms with E-state index < -0.39 is 12.0 Å². The Kier molecular flexibility index (Phi) is 7.03. The fourth-order valence-corrected chi connectivity index (χ4v) is 4.90. The Morgan fingerprint density at radius 3 is 2.27 bits per heavy atom. The molecule has 3 aromatic carbocycles. The Bertz CT molecular complexity index is 1330. The number of anilines is 1. The summed E-state index contributed by atoms with van der Waals surface area (Å²) < 4.78 is 5.31. The number of hydrogen-bond donors (Lipinski definition) is 2. The summed E-state index contributed by atoms with van der Waals surface area (Å²) in [7, 11) is 0. The molecule has 37 heavy (non-hydrogen) atoms. The maximum atomic E-state index is 12.8. The number of carbonyl (C=O) groups excluding carboxylic acids is 2. The number of esters is 1. The maximum Gasteiger partial charge on any atom is 0.338 e. The zero-order valence-electron chi connectivity index (χ0n) is 21.0. The van der Waals surface area contributed by atoms with Crippen LogP contribution in [0.1, 0.15) is 55.5 Å². The van der Waals surface area contributed by atoms with Crippen molar-refractivity contribution in [3.8, 4) is 0 Å². The lowest BCUT2D eigenvalue weighted by molar-refractivity contribution is -0.139. The van der Waals surface area contributed by atoms with E-state index >= 15 is 0 Å². The van der Waals surface area contributed by atoms with Crippen molar-refractivity contribution in [3.05, 3.63) is 113 Å². The highest BCUT2D eigenvalue weighted by atomic mass is 16.5. The first-order valence-corrected chi connectivity index (χ1v) is 12.6. The van der Waals surface area contributed by atoms with E-state index in [1.54, 1.807) is 6.92 Å². The van der Waals surface area contributed by atoms with Crippen LogP contribution in [0.3, 0.4) is 0 Å². The number of rotatable bonds is 7. The van der Waals surface area contributed by atoms with Crippen molar-refractivity contribution >= 4 is 23.4 Å². The number of ether oxygens (including phenoxy) is 1. The Balaban J connectivity index is 1.49. The van der Waals surface area contributed by atoms with Crippen molar-refractivity contribution in [2.45, 2.75) is 38.8 Å². The molecule has 7 nitrogen and oxygen atoms in total. The molecule has 0 saturated heterocycles. The van der Waals surface area contributed by atoms with Gasteiger partial charge in [-0.15, -0.1) is 0 Å². The number of allylic oxidation sites excluding steroid dienone is 1. The first kappa shape index (κ1) is 24.3. The Labute approximate surface area is 216 Å². The van der Waals surface area contributed by atoms with E-state index in [1.807, 2.05) is 67.6 Å². The molecule has 3 aromatic rings. The molecule has 2 atom stereocenters. The molecule has 2 N–H and O–H groups in total. The van der Waals surface area contributed by atoms with Gasteiger partial charge in [0, 0.05) is 12.1 Å². The molecule has 0 radical (unpaired) electrons. The van der Waals surface area contributed by atoms with Crippen LogP contribution in [-0.2, 0) is 9.53 Å². The number of nitrogens with zero attached hydrogens (tertiary/aromatic N) is 2. The largest absolute Gasteiger partial charge is 0.463 e. The predicted octanol–water partition coefficient (Wildman–Crippen LogP) is 5.62. The van der Waals surface area contributed by atoms with Crippen molar-refractivity contribution in [1.82, 2.24) is 10.6 Å². The number of nitrogens with one attached hydrogen (secondary N) is 2. The van der Waals surface area contributed by atoms with Crippen molar-refractivity contribution < 1.29 is 14.3 Å². The van der Waals surface area contributed by atoms with E-state index in [9.17, 15) is 9.59 Å². The van der Waals surface area contributed by atoms with Crippen molar-refractivity contribution in [3.63, 3.8) is 0 Å². The van der Waals surface area contributed by atoms with Gasteiger partial charge in [0.05, 0.1) is 35.7 Å². The Morgan fingerprint density at radius 2 is 1.62 bits per heavy atom. The van der Waals surface area contributed by atoms with E-state index in [0.29, 0.717) is 17.7 Å². The molecule has 0 bridgehead atoms. The van der Waals surface area contributed by atoms with Crippen LogP contribution >= 0.6 is 0 Å². The summed E-state index contributed by atoms with van der Waals surface area (Å²) in [6.45, 7) is 3.93. The Morgan fingerprint density at radius 1 is 0.946 bits per heavy atom. The van der Waals surface area contributed by atoms with Crippen LogP contribution in [-0.4, -0.2) is 24.3 Å². The number of hydrazone groups is 1. The minimum atomic E-state index is -0.594. The van der Waals surface area contributed by atoms with Gasteiger partial charge < -0.3 is 15.4 Å². The lowest BCUT2D eigenvalue weighted by Gasteiger charge is -2.29. The summed E-state index contributed by atoms with van der Waals surface area (Å²) in [6, 6.07) is 27.6. The smallest absolute Gasteiger partial charge is 0.338 e. The number of urea groups is 1. The third kappa shape index (κ3) is 4.98. The minimum absolute atomic E-state index is 0.0579. The van der Waals surface area contributed by atoms with Gasteiger partial charge in [-0.05, 0) is 42.2 Å². The summed E-state index contributed by atoms with van der Waals surface area (Å²) in [6.07, 6.45) is 1.30. The summed E-state index contributed by atoms with van der Waals surface area (Å²) in [5.74, 6) is -0.429. The molecule has 7 heteroatoms. The normalized spacial score (nSPS) is 19.2. The highest BCUT2D eigenvalue weighted by molar-refractivity contribution is 6.03. The number of amides is 2. The number of hydrogen-bond acceptors (Lipinski definition) is 5. The first-order chi connectivity index (χ1) is 18.1.